The highest BCUT2D eigenvalue weighted by Gasteiger charge is 2.30. The quantitative estimate of drug-likeness (QED) is 0.636. The fraction of sp³-hybridized carbons (Fsp3) is 0.333. The van der Waals surface area contributed by atoms with E-state index in [0.717, 1.165) is 5.56 Å². The monoisotopic (exact) mass is 178 g/mol. The molecule has 0 bridgehead atoms. The van der Waals surface area contributed by atoms with Crippen LogP contribution >= 0.6 is 0 Å². The molecule has 4 nitrogen and oxygen atoms in total. The maximum atomic E-state index is 11.0. The van der Waals surface area contributed by atoms with Gasteiger partial charge >= 0.3 is 0 Å². The van der Waals surface area contributed by atoms with Crippen molar-refractivity contribution in [2.45, 2.75) is 18.6 Å². The highest BCUT2D eigenvalue weighted by atomic mass is 16.3. The Balaban J connectivity index is 2.17. The van der Waals surface area contributed by atoms with Gasteiger partial charge in [0.05, 0.1) is 6.04 Å². The molecule has 1 aromatic rings. The van der Waals surface area contributed by atoms with Gasteiger partial charge in [0.25, 0.3) is 0 Å². The van der Waals surface area contributed by atoms with Crippen molar-refractivity contribution >= 4 is 5.91 Å². The number of aliphatic hydroxyl groups is 1. The third-order valence-electron chi connectivity index (χ3n) is 2.16. The SMILES string of the molecule is O=C1N[C@H](c2cccnc2)CC1O. The number of carbonyl (C=O) groups excluding carboxylic acids is 1. The van der Waals surface area contributed by atoms with Crippen molar-refractivity contribution in [3.63, 3.8) is 0 Å². The van der Waals surface area contributed by atoms with Crippen LogP contribution in [0.4, 0.5) is 0 Å². The van der Waals surface area contributed by atoms with E-state index < -0.39 is 6.10 Å². The molecule has 2 rings (SSSR count). The van der Waals surface area contributed by atoms with Crippen LogP contribution in [0.5, 0.6) is 0 Å². The topological polar surface area (TPSA) is 62.2 Å². The van der Waals surface area contributed by atoms with Gasteiger partial charge in [-0.3, -0.25) is 9.78 Å². The molecule has 2 heterocycles. The number of rotatable bonds is 1. The van der Waals surface area contributed by atoms with E-state index in [-0.39, 0.29) is 11.9 Å². The molecule has 2 atom stereocenters. The Kier molecular flexibility index (Phi) is 1.98. The molecular formula is C9H10N2O2. The van der Waals surface area contributed by atoms with Gasteiger partial charge in [0.15, 0.2) is 0 Å². The molecule has 0 aliphatic carbocycles. The minimum Gasteiger partial charge on any atom is -0.383 e. The van der Waals surface area contributed by atoms with E-state index in [1.807, 2.05) is 12.1 Å². The molecule has 0 saturated carbocycles. The lowest BCUT2D eigenvalue weighted by atomic mass is 10.1. The second-order valence-corrected chi connectivity index (χ2v) is 3.10. The first-order valence-corrected chi connectivity index (χ1v) is 4.16. The number of aromatic nitrogens is 1. The number of amides is 1. The van der Waals surface area contributed by atoms with Crippen LogP contribution in [-0.2, 0) is 4.79 Å². The highest BCUT2D eigenvalue weighted by Crippen LogP contribution is 2.22. The van der Waals surface area contributed by atoms with Crippen LogP contribution in [-0.4, -0.2) is 22.1 Å². The molecule has 1 aromatic heterocycles. The summed E-state index contributed by atoms with van der Waals surface area (Å²) in [5.41, 5.74) is 0.937. The smallest absolute Gasteiger partial charge is 0.249 e. The summed E-state index contributed by atoms with van der Waals surface area (Å²) < 4.78 is 0. The largest absolute Gasteiger partial charge is 0.383 e. The van der Waals surface area contributed by atoms with Crippen molar-refractivity contribution in [1.82, 2.24) is 10.3 Å². The molecule has 0 spiro atoms. The molecule has 0 aromatic carbocycles. The number of pyridine rings is 1. The number of nitrogens with one attached hydrogen (secondary N) is 1. The van der Waals surface area contributed by atoms with Crippen molar-refractivity contribution in [2.75, 3.05) is 0 Å². The average molecular weight is 178 g/mol. The van der Waals surface area contributed by atoms with Crippen LogP contribution in [0.25, 0.3) is 0 Å². The summed E-state index contributed by atoms with van der Waals surface area (Å²) in [6, 6.07) is 3.61. The van der Waals surface area contributed by atoms with Crippen molar-refractivity contribution in [3.05, 3.63) is 30.1 Å². The van der Waals surface area contributed by atoms with Gasteiger partial charge < -0.3 is 10.4 Å². The first-order chi connectivity index (χ1) is 6.27. The average Bonchev–Trinajstić information content (AvgIpc) is 2.49. The lowest BCUT2D eigenvalue weighted by Crippen LogP contribution is -2.23. The first-order valence-electron chi connectivity index (χ1n) is 4.16. The van der Waals surface area contributed by atoms with Crippen LogP contribution in [0.2, 0.25) is 0 Å². The zero-order valence-corrected chi connectivity index (χ0v) is 6.97. The number of aliphatic hydroxyl groups excluding tert-OH is 1. The normalized spacial score (nSPS) is 27.3. The lowest BCUT2D eigenvalue weighted by Gasteiger charge is -2.07. The minimum absolute atomic E-state index is 0.0869. The highest BCUT2D eigenvalue weighted by molar-refractivity contribution is 5.83. The van der Waals surface area contributed by atoms with Crippen molar-refractivity contribution in [1.29, 1.82) is 0 Å². The summed E-state index contributed by atoms with van der Waals surface area (Å²) in [5, 5.41) is 11.9. The summed E-state index contributed by atoms with van der Waals surface area (Å²) in [6.45, 7) is 0. The summed E-state index contributed by atoms with van der Waals surface area (Å²) >= 11 is 0. The molecule has 1 saturated heterocycles. The van der Waals surface area contributed by atoms with Crippen LogP contribution in [0, 0.1) is 0 Å². The van der Waals surface area contributed by atoms with Gasteiger partial charge in [-0.2, -0.15) is 0 Å². The van der Waals surface area contributed by atoms with Crippen LogP contribution < -0.4 is 5.32 Å². The second-order valence-electron chi connectivity index (χ2n) is 3.10. The van der Waals surface area contributed by atoms with E-state index in [2.05, 4.69) is 10.3 Å². The van der Waals surface area contributed by atoms with E-state index in [1.54, 1.807) is 12.4 Å². The van der Waals surface area contributed by atoms with Gasteiger partial charge in [-0.15, -0.1) is 0 Å². The number of hydrogen-bond donors (Lipinski definition) is 2. The Morgan fingerprint density at radius 3 is 3.00 bits per heavy atom. The first kappa shape index (κ1) is 8.19. The van der Waals surface area contributed by atoms with Crippen LogP contribution in [0.1, 0.15) is 18.0 Å². The molecule has 1 amide bonds. The number of nitrogens with zero attached hydrogens (tertiary/aromatic N) is 1. The Labute approximate surface area is 75.6 Å². The third-order valence-corrected chi connectivity index (χ3v) is 2.16. The summed E-state index contributed by atoms with van der Waals surface area (Å²) in [5.74, 6) is -0.297. The predicted octanol–water partition coefficient (Wildman–Crippen LogP) is 0.00350. The van der Waals surface area contributed by atoms with Crippen LogP contribution in [0.3, 0.4) is 0 Å². The molecule has 2 N–H and O–H groups in total. The molecule has 1 aliphatic heterocycles. The Bertz CT molecular complexity index is 313. The molecule has 4 heteroatoms. The van der Waals surface area contributed by atoms with Gasteiger partial charge in [0, 0.05) is 18.8 Å². The van der Waals surface area contributed by atoms with Crippen molar-refractivity contribution in [3.8, 4) is 0 Å². The summed E-state index contributed by atoms with van der Waals surface area (Å²) in [6.07, 6.45) is 2.94. The number of carbonyl (C=O) groups is 1. The molecule has 1 unspecified atom stereocenters. The van der Waals surface area contributed by atoms with E-state index in [1.165, 1.54) is 0 Å². The Morgan fingerprint density at radius 2 is 2.46 bits per heavy atom. The molecule has 1 fully saturated rings. The fourth-order valence-corrected chi connectivity index (χ4v) is 1.46. The van der Waals surface area contributed by atoms with Gasteiger partial charge in [-0.25, -0.2) is 0 Å². The summed E-state index contributed by atoms with van der Waals surface area (Å²) in [4.78, 5) is 14.9. The molecule has 0 radical (unpaired) electrons. The van der Waals surface area contributed by atoms with Gasteiger partial charge in [-0.05, 0) is 11.6 Å². The zero-order valence-electron chi connectivity index (χ0n) is 6.97. The van der Waals surface area contributed by atoms with E-state index >= 15 is 0 Å². The third kappa shape index (κ3) is 1.53. The van der Waals surface area contributed by atoms with E-state index in [4.69, 9.17) is 0 Å². The van der Waals surface area contributed by atoms with Crippen LogP contribution in [0.15, 0.2) is 24.5 Å². The molecule has 68 valence electrons. The maximum absolute atomic E-state index is 11.0. The predicted molar refractivity (Wildman–Crippen MR) is 45.7 cm³/mol. The molecular weight excluding hydrogens is 168 g/mol. The summed E-state index contributed by atoms with van der Waals surface area (Å²) in [7, 11) is 0. The van der Waals surface area contributed by atoms with E-state index in [9.17, 15) is 9.90 Å². The minimum atomic E-state index is -0.870. The van der Waals surface area contributed by atoms with Crippen molar-refractivity contribution in [2.24, 2.45) is 0 Å². The lowest BCUT2D eigenvalue weighted by molar-refractivity contribution is -0.126. The molecule has 1 aliphatic rings. The second kappa shape index (κ2) is 3.14. The standard InChI is InChI=1S/C9H10N2O2/c12-8-4-7(11-9(8)13)6-2-1-3-10-5-6/h1-3,5,7-8,12H,4H2,(H,11,13)/t7-,8?/m0/s1. The molecule has 13 heavy (non-hydrogen) atoms. The van der Waals surface area contributed by atoms with E-state index in [0.29, 0.717) is 6.42 Å². The van der Waals surface area contributed by atoms with Gasteiger partial charge in [-0.1, -0.05) is 6.07 Å². The Hall–Kier alpha value is -1.42. The Morgan fingerprint density at radius 1 is 1.62 bits per heavy atom. The van der Waals surface area contributed by atoms with Gasteiger partial charge in [0.1, 0.15) is 6.10 Å². The number of hydrogen-bond acceptors (Lipinski definition) is 3. The fourth-order valence-electron chi connectivity index (χ4n) is 1.46. The zero-order chi connectivity index (χ0) is 9.26. The van der Waals surface area contributed by atoms with Crippen molar-refractivity contribution < 1.29 is 9.90 Å². The maximum Gasteiger partial charge on any atom is 0.249 e. The van der Waals surface area contributed by atoms with Gasteiger partial charge in [0.2, 0.25) is 5.91 Å².